The third kappa shape index (κ3) is 1.83. The van der Waals surface area contributed by atoms with Crippen molar-refractivity contribution in [2.24, 2.45) is 0 Å². The van der Waals surface area contributed by atoms with E-state index >= 15 is 0 Å². The second kappa shape index (κ2) is 3.88. The van der Waals surface area contributed by atoms with Crippen LogP contribution in [0.15, 0.2) is 41.6 Å². The molecule has 0 saturated heterocycles. The van der Waals surface area contributed by atoms with Crippen LogP contribution < -0.4 is 5.56 Å². The van der Waals surface area contributed by atoms with E-state index in [9.17, 15) is 9.59 Å². The van der Waals surface area contributed by atoms with Crippen LogP contribution in [-0.2, 0) is 0 Å². The molecule has 74 valence electrons. The summed E-state index contributed by atoms with van der Waals surface area (Å²) in [7, 11) is 0. The van der Waals surface area contributed by atoms with Crippen LogP contribution in [0.25, 0.3) is 11.1 Å². The van der Waals surface area contributed by atoms with Gasteiger partial charge in [0.15, 0.2) is 6.29 Å². The van der Waals surface area contributed by atoms with E-state index < -0.39 is 0 Å². The minimum absolute atomic E-state index is 0.122. The molecule has 1 N–H and O–H groups in total. The maximum Gasteiger partial charge on any atom is 0.258 e. The molecule has 0 atom stereocenters. The van der Waals surface area contributed by atoms with Crippen molar-refractivity contribution in [3.8, 4) is 11.1 Å². The van der Waals surface area contributed by atoms with E-state index in [2.05, 4.69) is 9.97 Å². The Balaban J connectivity index is 2.56. The molecule has 15 heavy (non-hydrogen) atoms. The molecule has 0 unspecified atom stereocenters. The van der Waals surface area contributed by atoms with Crippen molar-refractivity contribution < 1.29 is 4.79 Å². The van der Waals surface area contributed by atoms with Crippen LogP contribution in [0.2, 0.25) is 0 Å². The first-order valence-corrected chi connectivity index (χ1v) is 4.39. The minimum atomic E-state index is -0.377. The molecule has 0 radical (unpaired) electrons. The summed E-state index contributed by atoms with van der Waals surface area (Å²) in [5.74, 6) is 0. The fraction of sp³-hybridized carbons (Fsp3) is 0. The molecule has 0 aliphatic heterocycles. The number of rotatable bonds is 2. The van der Waals surface area contributed by atoms with Crippen LogP contribution in [0.4, 0.5) is 0 Å². The zero-order valence-corrected chi connectivity index (χ0v) is 7.81. The molecule has 0 aromatic carbocycles. The normalized spacial score (nSPS) is 9.87. The van der Waals surface area contributed by atoms with Crippen LogP contribution in [0.5, 0.6) is 0 Å². The van der Waals surface area contributed by atoms with Crippen LogP contribution in [-0.4, -0.2) is 16.3 Å². The van der Waals surface area contributed by atoms with E-state index in [0.717, 1.165) is 11.1 Å². The average molecular weight is 200 g/mol. The Morgan fingerprint density at radius 1 is 1.33 bits per heavy atom. The Morgan fingerprint density at radius 3 is 2.87 bits per heavy atom. The summed E-state index contributed by atoms with van der Waals surface area (Å²) in [6, 6.07) is 5.19. The summed E-state index contributed by atoms with van der Waals surface area (Å²) in [5.41, 5.74) is 1.37. The Bertz CT molecular complexity index is 532. The topological polar surface area (TPSA) is 62.8 Å². The quantitative estimate of drug-likeness (QED) is 0.742. The van der Waals surface area contributed by atoms with E-state index in [-0.39, 0.29) is 11.1 Å². The Morgan fingerprint density at radius 2 is 2.20 bits per heavy atom. The van der Waals surface area contributed by atoms with Gasteiger partial charge in [-0.1, -0.05) is 6.07 Å². The summed E-state index contributed by atoms with van der Waals surface area (Å²) < 4.78 is 0. The van der Waals surface area contributed by atoms with Gasteiger partial charge < -0.3 is 4.98 Å². The number of hydrogen-bond acceptors (Lipinski definition) is 3. The zero-order chi connectivity index (χ0) is 10.7. The highest BCUT2D eigenvalue weighted by molar-refractivity contribution is 5.77. The van der Waals surface area contributed by atoms with Crippen molar-refractivity contribution in [1.82, 2.24) is 9.97 Å². The highest BCUT2D eigenvalue weighted by Gasteiger charge is 2.02. The molecule has 0 aliphatic carbocycles. The van der Waals surface area contributed by atoms with Crippen LogP contribution in [0, 0.1) is 0 Å². The lowest BCUT2D eigenvalue weighted by atomic mass is 10.1. The van der Waals surface area contributed by atoms with Gasteiger partial charge in [0, 0.05) is 29.7 Å². The van der Waals surface area contributed by atoms with E-state index in [1.54, 1.807) is 30.7 Å². The lowest BCUT2D eigenvalue weighted by Gasteiger charge is -2.00. The van der Waals surface area contributed by atoms with Crippen LogP contribution in [0.3, 0.4) is 0 Å². The summed E-state index contributed by atoms with van der Waals surface area (Å²) in [6.07, 6.45) is 5.43. The number of aromatic nitrogens is 2. The molecular formula is C11H8N2O2. The molecule has 2 heterocycles. The third-order valence-corrected chi connectivity index (χ3v) is 2.05. The van der Waals surface area contributed by atoms with E-state index in [0.29, 0.717) is 6.29 Å². The summed E-state index contributed by atoms with van der Waals surface area (Å²) in [5, 5.41) is 0. The first-order chi connectivity index (χ1) is 7.31. The molecule has 4 heteroatoms. The maximum atomic E-state index is 11.1. The Hall–Kier alpha value is -2.23. The van der Waals surface area contributed by atoms with Gasteiger partial charge in [-0.15, -0.1) is 0 Å². The van der Waals surface area contributed by atoms with Crippen molar-refractivity contribution in [1.29, 1.82) is 0 Å². The SMILES string of the molecule is O=Cc1cc(-c2cccnc2)c[nH]c1=O. The molecule has 0 spiro atoms. The molecule has 0 aliphatic rings. The van der Waals surface area contributed by atoms with Crippen molar-refractivity contribution in [3.05, 3.63) is 52.7 Å². The van der Waals surface area contributed by atoms with Gasteiger partial charge in [-0.2, -0.15) is 0 Å². The first-order valence-electron chi connectivity index (χ1n) is 4.39. The van der Waals surface area contributed by atoms with Crippen molar-refractivity contribution in [3.63, 3.8) is 0 Å². The summed E-state index contributed by atoms with van der Waals surface area (Å²) in [6.45, 7) is 0. The lowest BCUT2D eigenvalue weighted by Crippen LogP contribution is -2.10. The van der Waals surface area contributed by atoms with Gasteiger partial charge in [0.25, 0.3) is 5.56 Å². The first kappa shape index (κ1) is 9.33. The number of aldehydes is 1. The highest BCUT2D eigenvalue weighted by Crippen LogP contribution is 2.15. The molecule has 4 nitrogen and oxygen atoms in total. The fourth-order valence-corrected chi connectivity index (χ4v) is 1.29. The van der Waals surface area contributed by atoms with Crippen molar-refractivity contribution in [2.75, 3.05) is 0 Å². The number of nitrogens with one attached hydrogen (secondary N) is 1. The van der Waals surface area contributed by atoms with Gasteiger partial charge in [-0.25, -0.2) is 0 Å². The third-order valence-electron chi connectivity index (χ3n) is 2.05. The number of pyridine rings is 2. The molecular weight excluding hydrogens is 192 g/mol. The summed E-state index contributed by atoms with van der Waals surface area (Å²) in [4.78, 5) is 28.2. The molecule has 0 bridgehead atoms. The Kier molecular flexibility index (Phi) is 2.41. The van der Waals surface area contributed by atoms with E-state index in [1.165, 1.54) is 0 Å². The predicted molar refractivity (Wildman–Crippen MR) is 55.7 cm³/mol. The highest BCUT2D eigenvalue weighted by atomic mass is 16.1. The van der Waals surface area contributed by atoms with Gasteiger partial charge in [-0.05, 0) is 12.1 Å². The van der Waals surface area contributed by atoms with E-state index in [1.807, 2.05) is 6.07 Å². The zero-order valence-electron chi connectivity index (χ0n) is 7.81. The largest absolute Gasteiger partial charge is 0.328 e. The molecule has 2 rings (SSSR count). The number of carbonyl (C=O) groups is 1. The minimum Gasteiger partial charge on any atom is -0.328 e. The van der Waals surface area contributed by atoms with Gasteiger partial charge in [0.1, 0.15) is 0 Å². The van der Waals surface area contributed by atoms with Crippen molar-refractivity contribution >= 4 is 6.29 Å². The number of carbonyl (C=O) groups excluding carboxylic acids is 1. The van der Waals surface area contributed by atoms with Gasteiger partial charge in [-0.3, -0.25) is 14.6 Å². The number of aromatic amines is 1. The number of hydrogen-bond donors (Lipinski definition) is 1. The van der Waals surface area contributed by atoms with Gasteiger partial charge >= 0.3 is 0 Å². The van der Waals surface area contributed by atoms with Crippen LogP contribution >= 0.6 is 0 Å². The monoisotopic (exact) mass is 200 g/mol. The van der Waals surface area contributed by atoms with Gasteiger partial charge in [0.2, 0.25) is 0 Å². The summed E-state index contributed by atoms with van der Waals surface area (Å²) >= 11 is 0. The number of nitrogens with zero attached hydrogens (tertiary/aromatic N) is 1. The number of H-pyrrole nitrogens is 1. The second-order valence-corrected chi connectivity index (χ2v) is 3.03. The Labute approximate surface area is 85.6 Å². The molecule has 2 aromatic rings. The standard InChI is InChI=1S/C11H8N2O2/c14-7-10-4-9(6-13-11(10)15)8-2-1-3-12-5-8/h1-7H,(H,13,15). The molecule has 0 amide bonds. The smallest absolute Gasteiger partial charge is 0.258 e. The lowest BCUT2D eigenvalue weighted by molar-refractivity contribution is 0.112. The molecule has 2 aromatic heterocycles. The van der Waals surface area contributed by atoms with Gasteiger partial charge in [0.05, 0.1) is 5.56 Å². The van der Waals surface area contributed by atoms with Crippen molar-refractivity contribution in [2.45, 2.75) is 0 Å². The van der Waals surface area contributed by atoms with Crippen LogP contribution in [0.1, 0.15) is 10.4 Å². The fourth-order valence-electron chi connectivity index (χ4n) is 1.29. The average Bonchev–Trinajstić information content (AvgIpc) is 2.31. The maximum absolute atomic E-state index is 11.1. The molecule has 0 saturated carbocycles. The van der Waals surface area contributed by atoms with E-state index in [4.69, 9.17) is 0 Å². The molecule has 0 fully saturated rings. The predicted octanol–water partition coefficient (Wildman–Crippen LogP) is 1.25. The second-order valence-electron chi connectivity index (χ2n) is 3.03.